The topological polar surface area (TPSA) is 118 Å². The molecule has 9 nitrogen and oxygen atoms in total. The van der Waals surface area contributed by atoms with Crippen LogP contribution in [-0.2, 0) is 14.4 Å². The predicted molar refractivity (Wildman–Crippen MR) is 124 cm³/mol. The van der Waals surface area contributed by atoms with Crippen molar-refractivity contribution >= 4 is 34.7 Å². The fourth-order valence-corrected chi connectivity index (χ4v) is 3.90. The Morgan fingerprint density at radius 1 is 1.06 bits per heavy atom. The molecule has 2 heterocycles. The number of amides is 2. The van der Waals surface area contributed by atoms with E-state index < -0.39 is 23.5 Å². The van der Waals surface area contributed by atoms with Crippen molar-refractivity contribution in [2.75, 3.05) is 24.4 Å². The Morgan fingerprint density at radius 3 is 2.50 bits per heavy atom. The van der Waals surface area contributed by atoms with Gasteiger partial charge in [0.1, 0.15) is 29.1 Å². The summed E-state index contributed by atoms with van der Waals surface area (Å²) >= 11 is 0. The van der Waals surface area contributed by atoms with E-state index in [1.165, 1.54) is 38.4 Å². The average molecular weight is 462 g/mol. The number of benzene rings is 2. The molecule has 1 aliphatic heterocycles. The van der Waals surface area contributed by atoms with Crippen LogP contribution in [0.15, 0.2) is 70.9 Å². The van der Waals surface area contributed by atoms with Crippen LogP contribution < -0.4 is 19.7 Å². The molecule has 1 saturated heterocycles. The zero-order valence-corrected chi connectivity index (χ0v) is 18.7. The van der Waals surface area contributed by atoms with Gasteiger partial charge in [-0.15, -0.1) is 0 Å². The lowest BCUT2D eigenvalue weighted by atomic mass is 9.98. The van der Waals surface area contributed by atoms with Crippen LogP contribution in [-0.4, -0.2) is 36.9 Å². The summed E-state index contributed by atoms with van der Waals surface area (Å²) in [6.45, 7) is 1.36. The maximum atomic E-state index is 13.2. The Bertz CT molecular complexity index is 1290. The van der Waals surface area contributed by atoms with Gasteiger partial charge in [0.05, 0.1) is 31.6 Å². The summed E-state index contributed by atoms with van der Waals surface area (Å²) in [6, 6.07) is 13.4. The van der Waals surface area contributed by atoms with E-state index in [-0.39, 0.29) is 28.6 Å². The molecule has 1 fully saturated rings. The first-order chi connectivity index (χ1) is 16.3. The van der Waals surface area contributed by atoms with E-state index in [1.807, 2.05) is 0 Å². The molecule has 3 aromatic rings. The lowest BCUT2D eigenvalue weighted by Gasteiger charge is -2.24. The van der Waals surface area contributed by atoms with E-state index in [4.69, 9.17) is 13.9 Å². The number of methoxy groups -OCH3 is 2. The molecule has 0 aliphatic carbocycles. The van der Waals surface area contributed by atoms with Gasteiger partial charge < -0.3 is 24.3 Å². The normalized spacial score (nSPS) is 17.0. The highest BCUT2D eigenvalue weighted by molar-refractivity contribution is 6.51. The third-order valence-corrected chi connectivity index (χ3v) is 5.36. The number of furan rings is 1. The van der Waals surface area contributed by atoms with Crippen molar-refractivity contribution in [1.29, 1.82) is 0 Å². The number of ether oxygens (including phenoxy) is 2. The molecule has 2 aromatic carbocycles. The molecule has 2 N–H and O–H groups in total. The van der Waals surface area contributed by atoms with Crippen molar-refractivity contribution in [2.24, 2.45) is 0 Å². The van der Waals surface area contributed by atoms with Crippen molar-refractivity contribution in [2.45, 2.75) is 13.0 Å². The molecule has 0 spiro atoms. The summed E-state index contributed by atoms with van der Waals surface area (Å²) in [5, 5.41) is 13.9. The maximum absolute atomic E-state index is 13.2. The van der Waals surface area contributed by atoms with Crippen LogP contribution in [0.3, 0.4) is 0 Å². The van der Waals surface area contributed by atoms with Gasteiger partial charge in [-0.3, -0.25) is 19.3 Å². The van der Waals surface area contributed by atoms with Crippen LogP contribution in [0, 0.1) is 0 Å². The second-order valence-corrected chi connectivity index (χ2v) is 7.48. The van der Waals surface area contributed by atoms with E-state index in [9.17, 15) is 19.5 Å². The molecule has 4 rings (SSSR count). The van der Waals surface area contributed by atoms with Gasteiger partial charge in [-0.2, -0.15) is 0 Å². The third kappa shape index (κ3) is 3.99. The van der Waals surface area contributed by atoms with Crippen LogP contribution in [0.1, 0.15) is 24.3 Å². The number of hydrogen-bond donors (Lipinski definition) is 2. The molecule has 2 amide bonds. The molecule has 0 bridgehead atoms. The molecule has 0 saturated carbocycles. The van der Waals surface area contributed by atoms with E-state index >= 15 is 0 Å². The molecule has 174 valence electrons. The van der Waals surface area contributed by atoms with Gasteiger partial charge in [0, 0.05) is 18.3 Å². The molecule has 1 atom stereocenters. The van der Waals surface area contributed by atoms with Crippen LogP contribution in [0.25, 0.3) is 5.76 Å². The Labute approximate surface area is 195 Å². The standard InChI is InChI=1S/C25H22N2O7/c1-14(28)26-15-6-4-7-16(12-15)27-22(20-8-5-11-34-20)21(24(30)25(27)31)23(29)18-13-17(32-2)9-10-19(18)33-3/h4-13,22,29H,1-3H3,(H,26,28)/b23-21-. The number of carbonyl (C=O) groups excluding carboxylic acids is 3. The monoisotopic (exact) mass is 462 g/mol. The number of anilines is 2. The third-order valence-electron chi connectivity index (χ3n) is 5.36. The van der Waals surface area contributed by atoms with Gasteiger partial charge in [0.15, 0.2) is 0 Å². The zero-order valence-electron chi connectivity index (χ0n) is 18.7. The van der Waals surface area contributed by atoms with E-state index in [2.05, 4.69) is 5.32 Å². The summed E-state index contributed by atoms with van der Waals surface area (Å²) < 4.78 is 16.2. The SMILES string of the molecule is COc1ccc(OC)c(/C(O)=C2/C(=O)C(=O)N(c3cccc(NC(C)=O)c3)C2c2ccco2)c1. The fraction of sp³-hybridized carbons (Fsp3) is 0.160. The molecule has 1 aliphatic rings. The number of carbonyl (C=O) groups is 3. The zero-order chi connectivity index (χ0) is 24.4. The van der Waals surface area contributed by atoms with Crippen molar-refractivity contribution in [1.82, 2.24) is 0 Å². The minimum absolute atomic E-state index is 0.170. The van der Waals surface area contributed by atoms with Gasteiger partial charge in [-0.05, 0) is 48.5 Å². The first-order valence-electron chi connectivity index (χ1n) is 10.3. The molecule has 34 heavy (non-hydrogen) atoms. The van der Waals surface area contributed by atoms with Crippen LogP contribution >= 0.6 is 0 Å². The minimum Gasteiger partial charge on any atom is -0.507 e. The number of hydrogen-bond acceptors (Lipinski definition) is 7. The Hall–Kier alpha value is -4.53. The molecule has 1 unspecified atom stereocenters. The van der Waals surface area contributed by atoms with Crippen molar-refractivity contribution in [3.05, 3.63) is 77.8 Å². The maximum Gasteiger partial charge on any atom is 0.300 e. The van der Waals surface area contributed by atoms with Gasteiger partial charge in [-0.1, -0.05) is 6.07 Å². The first-order valence-corrected chi connectivity index (χ1v) is 10.3. The van der Waals surface area contributed by atoms with Gasteiger partial charge >= 0.3 is 0 Å². The van der Waals surface area contributed by atoms with Crippen molar-refractivity contribution < 1.29 is 33.4 Å². The number of nitrogens with zero attached hydrogens (tertiary/aromatic N) is 1. The van der Waals surface area contributed by atoms with Crippen LogP contribution in [0.4, 0.5) is 11.4 Å². The van der Waals surface area contributed by atoms with Gasteiger partial charge in [0.2, 0.25) is 5.91 Å². The van der Waals surface area contributed by atoms with Gasteiger partial charge in [-0.25, -0.2) is 0 Å². The van der Waals surface area contributed by atoms with Crippen molar-refractivity contribution in [3.8, 4) is 11.5 Å². The summed E-state index contributed by atoms with van der Waals surface area (Å²) in [4.78, 5) is 39.2. The second kappa shape index (κ2) is 9.14. The number of aliphatic hydroxyl groups is 1. The largest absolute Gasteiger partial charge is 0.507 e. The quantitative estimate of drug-likeness (QED) is 0.324. The number of Topliss-reactive ketones (excluding diaryl/α,β-unsaturated/α-hetero) is 1. The van der Waals surface area contributed by atoms with E-state index in [0.717, 1.165) is 0 Å². The summed E-state index contributed by atoms with van der Waals surface area (Å²) in [5.74, 6) is -1.49. The Morgan fingerprint density at radius 2 is 1.85 bits per heavy atom. The Kier molecular flexibility index (Phi) is 6.09. The predicted octanol–water partition coefficient (Wildman–Crippen LogP) is 3.88. The lowest BCUT2D eigenvalue weighted by molar-refractivity contribution is -0.132. The minimum atomic E-state index is -1.06. The van der Waals surface area contributed by atoms with Crippen LogP contribution in [0.5, 0.6) is 11.5 Å². The first kappa shape index (κ1) is 22.7. The average Bonchev–Trinajstić information content (AvgIpc) is 3.45. The molecular formula is C25H22N2O7. The van der Waals surface area contributed by atoms with E-state index in [0.29, 0.717) is 17.1 Å². The molecule has 9 heteroatoms. The molecular weight excluding hydrogens is 440 g/mol. The second-order valence-electron chi connectivity index (χ2n) is 7.48. The molecule has 1 aromatic heterocycles. The Balaban J connectivity index is 1.92. The lowest BCUT2D eigenvalue weighted by Crippen LogP contribution is -2.29. The number of nitrogens with one attached hydrogen (secondary N) is 1. The summed E-state index contributed by atoms with van der Waals surface area (Å²) in [6.07, 6.45) is 1.41. The van der Waals surface area contributed by atoms with Crippen LogP contribution in [0.2, 0.25) is 0 Å². The highest BCUT2D eigenvalue weighted by Gasteiger charge is 2.48. The molecule has 0 radical (unpaired) electrons. The highest BCUT2D eigenvalue weighted by atomic mass is 16.5. The van der Waals surface area contributed by atoms with E-state index in [1.54, 1.807) is 48.5 Å². The highest BCUT2D eigenvalue weighted by Crippen LogP contribution is 2.44. The van der Waals surface area contributed by atoms with Gasteiger partial charge in [0.25, 0.3) is 11.7 Å². The fourth-order valence-electron chi connectivity index (χ4n) is 3.90. The number of aliphatic hydroxyl groups excluding tert-OH is 1. The smallest absolute Gasteiger partial charge is 0.300 e. The number of ketones is 1. The van der Waals surface area contributed by atoms with Crippen molar-refractivity contribution in [3.63, 3.8) is 0 Å². The summed E-state index contributed by atoms with van der Waals surface area (Å²) in [5.41, 5.74) is 0.797. The summed E-state index contributed by atoms with van der Waals surface area (Å²) in [7, 11) is 2.89. The number of rotatable bonds is 6.